The summed E-state index contributed by atoms with van der Waals surface area (Å²) in [7, 11) is 0. The monoisotopic (exact) mass is 516 g/mol. The lowest BCUT2D eigenvalue weighted by Gasteiger charge is -2.38. The van der Waals surface area contributed by atoms with Gasteiger partial charge in [-0.15, -0.1) is 0 Å². The van der Waals surface area contributed by atoms with E-state index in [9.17, 15) is 19.7 Å². The largest absolute Gasteiger partial charge is 0.467 e. The molecule has 0 N–H and O–H groups in total. The Bertz CT molecular complexity index is 1530. The molecule has 0 saturated heterocycles. The highest BCUT2D eigenvalue weighted by Gasteiger charge is 2.41. The molecule has 1 aliphatic carbocycles. The van der Waals surface area contributed by atoms with Crippen LogP contribution in [0.25, 0.3) is 5.69 Å². The highest BCUT2D eigenvalue weighted by atomic mass is 35.5. The first-order valence-electron chi connectivity index (χ1n) is 11.8. The third-order valence-electron chi connectivity index (χ3n) is 6.74. The van der Waals surface area contributed by atoms with Gasteiger partial charge in [-0.2, -0.15) is 0 Å². The number of aromatic nitrogens is 1. The number of anilines is 1. The van der Waals surface area contributed by atoms with Gasteiger partial charge in [0.1, 0.15) is 23.4 Å². The maximum atomic E-state index is 14.1. The zero-order chi connectivity index (χ0) is 25.7. The second-order valence-corrected chi connectivity index (χ2v) is 9.47. The molecular formula is C27H21ClN4O5. The molecule has 186 valence electrons. The van der Waals surface area contributed by atoms with Crippen LogP contribution in [0, 0.1) is 10.1 Å². The van der Waals surface area contributed by atoms with Gasteiger partial charge in [0.05, 0.1) is 28.3 Å². The van der Waals surface area contributed by atoms with Crippen LogP contribution in [0.1, 0.15) is 40.7 Å². The number of fused-ring (bicyclic) bond motifs is 3. The molecular weight excluding hydrogens is 496 g/mol. The van der Waals surface area contributed by atoms with Crippen LogP contribution in [0.2, 0.25) is 5.02 Å². The minimum Gasteiger partial charge on any atom is -0.467 e. The van der Waals surface area contributed by atoms with Crippen molar-refractivity contribution in [1.82, 2.24) is 9.47 Å². The molecule has 2 aliphatic rings. The Morgan fingerprint density at radius 2 is 1.84 bits per heavy atom. The minimum absolute atomic E-state index is 0.0511. The fraction of sp³-hybridized carbons (Fsp3) is 0.185. The summed E-state index contributed by atoms with van der Waals surface area (Å²) >= 11 is 5.94. The summed E-state index contributed by atoms with van der Waals surface area (Å²) < 4.78 is 7.79. The van der Waals surface area contributed by atoms with Gasteiger partial charge in [0.25, 0.3) is 11.6 Å². The van der Waals surface area contributed by atoms with Gasteiger partial charge in [-0.1, -0.05) is 23.7 Å². The van der Waals surface area contributed by atoms with Crippen molar-refractivity contribution < 1.29 is 18.9 Å². The predicted molar refractivity (Wildman–Crippen MR) is 136 cm³/mol. The second kappa shape index (κ2) is 8.94. The number of carbonyl (C=O) groups is 2. The molecule has 2 aromatic heterocycles. The summed E-state index contributed by atoms with van der Waals surface area (Å²) in [6, 6.07) is 18.4. The summed E-state index contributed by atoms with van der Waals surface area (Å²) in [6.07, 6.45) is 5.03. The van der Waals surface area contributed by atoms with Gasteiger partial charge in [0.2, 0.25) is 5.91 Å². The van der Waals surface area contributed by atoms with Crippen molar-refractivity contribution in [3.63, 3.8) is 0 Å². The van der Waals surface area contributed by atoms with Crippen LogP contribution >= 0.6 is 11.6 Å². The number of carbonyl (C=O) groups excluding carboxylic acids is 2. The van der Waals surface area contributed by atoms with Gasteiger partial charge in [-0.3, -0.25) is 24.6 Å². The molecule has 2 amide bonds. The molecule has 9 nitrogen and oxygen atoms in total. The van der Waals surface area contributed by atoms with E-state index in [0.29, 0.717) is 11.4 Å². The van der Waals surface area contributed by atoms with Crippen LogP contribution in [0.15, 0.2) is 83.6 Å². The van der Waals surface area contributed by atoms with Crippen LogP contribution in [0.5, 0.6) is 0 Å². The van der Waals surface area contributed by atoms with Crippen molar-refractivity contribution >= 4 is 34.8 Å². The molecule has 1 fully saturated rings. The lowest BCUT2D eigenvalue weighted by Crippen LogP contribution is -2.47. The number of benzene rings is 2. The summed E-state index contributed by atoms with van der Waals surface area (Å²) in [4.78, 5) is 41.5. The number of nitro benzene ring substituents is 1. The third-order valence-corrected chi connectivity index (χ3v) is 7.06. The average Bonchev–Trinajstić information content (AvgIpc) is 3.37. The third kappa shape index (κ3) is 3.97. The number of furan rings is 1. The number of hydrogen-bond acceptors (Lipinski definition) is 5. The quantitative estimate of drug-likeness (QED) is 0.253. The molecule has 0 bridgehead atoms. The fourth-order valence-corrected chi connectivity index (χ4v) is 5.09. The number of amides is 2. The molecule has 0 spiro atoms. The van der Waals surface area contributed by atoms with E-state index >= 15 is 0 Å². The van der Waals surface area contributed by atoms with E-state index in [-0.39, 0.29) is 34.8 Å². The molecule has 37 heavy (non-hydrogen) atoms. The molecule has 0 radical (unpaired) electrons. The van der Waals surface area contributed by atoms with Crippen molar-refractivity contribution in [2.45, 2.75) is 24.9 Å². The Kier molecular flexibility index (Phi) is 5.57. The summed E-state index contributed by atoms with van der Waals surface area (Å²) in [5.41, 5.74) is 2.17. The van der Waals surface area contributed by atoms with Crippen LogP contribution in [0.3, 0.4) is 0 Å². The van der Waals surface area contributed by atoms with Gasteiger partial charge in [0, 0.05) is 23.9 Å². The molecule has 1 unspecified atom stereocenters. The number of nitro groups is 1. The molecule has 6 rings (SSSR count). The Morgan fingerprint density at radius 1 is 1.05 bits per heavy atom. The zero-order valence-corrected chi connectivity index (χ0v) is 20.2. The lowest BCUT2D eigenvalue weighted by molar-refractivity contribution is -0.384. The summed E-state index contributed by atoms with van der Waals surface area (Å²) in [6.45, 7) is -0.188. The van der Waals surface area contributed by atoms with Gasteiger partial charge >= 0.3 is 0 Å². The SMILES string of the molecule is O=C(c1ccc(Cl)c([N+](=O)[O-])c1)N(CC(=O)N1c2ccccc2-n2cccc2C1c1ccco1)C1CC1. The van der Waals surface area contributed by atoms with E-state index in [1.807, 2.05) is 53.2 Å². The Hall–Kier alpha value is -4.37. The highest BCUT2D eigenvalue weighted by Crippen LogP contribution is 2.42. The van der Waals surface area contributed by atoms with E-state index in [1.165, 1.54) is 23.1 Å². The van der Waals surface area contributed by atoms with Crippen molar-refractivity contribution in [3.05, 3.63) is 111 Å². The van der Waals surface area contributed by atoms with Crippen molar-refractivity contribution in [2.75, 3.05) is 11.4 Å². The summed E-state index contributed by atoms with van der Waals surface area (Å²) in [5.74, 6) is -0.135. The van der Waals surface area contributed by atoms with Gasteiger partial charge in [-0.25, -0.2) is 0 Å². The first-order chi connectivity index (χ1) is 17.9. The van der Waals surface area contributed by atoms with Crippen molar-refractivity contribution in [2.24, 2.45) is 0 Å². The summed E-state index contributed by atoms with van der Waals surface area (Å²) in [5, 5.41) is 11.3. The van der Waals surface area contributed by atoms with E-state index in [2.05, 4.69) is 0 Å². The normalized spacial score (nSPS) is 16.1. The number of hydrogen-bond donors (Lipinski definition) is 0. The first-order valence-corrected chi connectivity index (χ1v) is 12.2. The van der Waals surface area contributed by atoms with Crippen LogP contribution in [-0.2, 0) is 4.79 Å². The van der Waals surface area contributed by atoms with E-state index in [1.54, 1.807) is 17.2 Å². The Balaban J connectivity index is 1.38. The smallest absolute Gasteiger partial charge is 0.288 e. The van der Waals surface area contributed by atoms with Crippen molar-refractivity contribution in [3.8, 4) is 5.69 Å². The molecule has 10 heteroatoms. The van der Waals surface area contributed by atoms with Gasteiger partial charge in [-0.05, 0) is 61.4 Å². The molecule has 3 heterocycles. The number of halogens is 1. The van der Waals surface area contributed by atoms with Gasteiger partial charge < -0.3 is 13.9 Å². The maximum Gasteiger partial charge on any atom is 0.288 e. The minimum atomic E-state index is -0.626. The lowest BCUT2D eigenvalue weighted by atomic mass is 10.0. The highest BCUT2D eigenvalue weighted by molar-refractivity contribution is 6.32. The Labute approximate surface area is 216 Å². The first kappa shape index (κ1) is 23.1. The number of rotatable bonds is 6. The van der Waals surface area contributed by atoms with Crippen LogP contribution < -0.4 is 4.90 Å². The topological polar surface area (TPSA) is 102 Å². The molecule has 4 aromatic rings. The zero-order valence-electron chi connectivity index (χ0n) is 19.5. The van der Waals surface area contributed by atoms with E-state index in [4.69, 9.17) is 16.0 Å². The number of para-hydroxylation sites is 2. The Morgan fingerprint density at radius 3 is 2.54 bits per heavy atom. The fourth-order valence-electron chi connectivity index (χ4n) is 4.90. The van der Waals surface area contributed by atoms with E-state index < -0.39 is 16.9 Å². The molecule has 1 saturated carbocycles. The molecule has 1 aliphatic heterocycles. The van der Waals surface area contributed by atoms with Crippen LogP contribution in [-0.4, -0.2) is 38.8 Å². The molecule has 1 atom stereocenters. The average molecular weight is 517 g/mol. The van der Waals surface area contributed by atoms with Crippen LogP contribution in [0.4, 0.5) is 11.4 Å². The predicted octanol–water partition coefficient (Wildman–Crippen LogP) is 5.37. The number of nitrogens with zero attached hydrogens (tertiary/aromatic N) is 4. The van der Waals surface area contributed by atoms with Gasteiger partial charge in [0.15, 0.2) is 0 Å². The second-order valence-electron chi connectivity index (χ2n) is 9.06. The molecule has 2 aromatic carbocycles. The maximum absolute atomic E-state index is 14.1. The van der Waals surface area contributed by atoms with Crippen molar-refractivity contribution in [1.29, 1.82) is 0 Å². The van der Waals surface area contributed by atoms with E-state index in [0.717, 1.165) is 24.2 Å². The standard InChI is InChI=1S/C27H21ClN4O5/c28-19-12-9-17(15-23(19)32(35)36)27(34)30(18-10-11-18)16-25(33)31-21-6-2-1-5-20(21)29-13-3-7-22(29)26(31)24-8-4-14-37-24/h1-9,12-15,18,26H,10-11,16H2.